The number of nitrogens with one attached hydrogen (secondary N) is 1. The topological polar surface area (TPSA) is 75.4 Å². The molecule has 6 heteroatoms. The van der Waals surface area contributed by atoms with Crippen LogP contribution in [-0.2, 0) is 5.75 Å². The highest BCUT2D eigenvalue weighted by Crippen LogP contribution is 2.33. The van der Waals surface area contributed by atoms with Gasteiger partial charge in [0.05, 0.1) is 4.92 Å². The Morgan fingerprint density at radius 1 is 1.29 bits per heavy atom. The number of phenols is 1. The van der Waals surface area contributed by atoms with Crippen molar-refractivity contribution in [1.29, 1.82) is 0 Å². The number of benzene rings is 2. The van der Waals surface area contributed by atoms with Gasteiger partial charge in [0, 0.05) is 23.3 Å². The Kier molecular flexibility index (Phi) is 5.05. The van der Waals surface area contributed by atoms with Gasteiger partial charge in [-0.2, -0.15) is 0 Å². The molecule has 0 aromatic heterocycles. The highest BCUT2D eigenvalue weighted by Gasteiger charge is 2.16. The molecule has 0 fully saturated rings. The molecule has 0 saturated heterocycles. The average molecular weight is 304 g/mol. The zero-order valence-corrected chi connectivity index (χ0v) is 12.4. The van der Waals surface area contributed by atoms with Gasteiger partial charge in [-0.25, -0.2) is 0 Å². The van der Waals surface area contributed by atoms with Crippen LogP contribution >= 0.6 is 11.8 Å². The SMILES string of the molecule is CCNc1c(CSc2cccc(O)c2)cccc1[N+](=O)[O-]. The van der Waals surface area contributed by atoms with Crippen LogP contribution in [0, 0.1) is 10.1 Å². The molecule has 0 heterocycles. The highest BCUT2D eigenvalue weighted by atomic mass is 32.2. The minimum atomic E-state index is -0.374. The first-order chi connectivity index (χ1) is 10.1. The van der Waals surface area contributed by atoms with Gasteiger partial charge in [-0.3, -0.25) is 10.1 Å². The minimum absolute atomic E-state index is 0.0888. The van der Waals surface area contributed by atoms with Crippen LogP contribution in [-0.4, -0.2) is 16.6 Å². The zero-order chi connectivity index (χ0) is 15.2. The average Bonchev–Trinajstić information content (AvgIpc) is 2.46. The normalized spacial score (nSPS) is 10.3. The Hall–Kier alpha value is -2.21. The lowest BCUT2D eigenvalue weighted by Gasteiger charge is -2.11. The standard InChI is InChI=1S/C15H16N2O3S/c1-2-16-15-11(5-3-8-14(15)17(19)20)10-21-13-7-4-6-12(18)9-13/h3-9,16,18H,2,10H2,1H3. The first-order valence-electron chi connectivity index (χ1n) is 6.53. The number of hydrogen-bond donors (Lipinski definition) is 2. The molecule has 2 aromatic rings. The summed E-state index contributed by atoms with van der Waals surface area (Å²) in [6.45, 7) is 2.53. The predicted molar refractivity (Wildman–Crippen MR) is 84.9 cm³/mol. The maximum atomic E-state index is 11.1. The van der Waals surface area contributed by atoms with Gasteiger partial charge in [0.1, 0.15) is 11.4 Å². The smallest absolute Gasteiger partial charge is 0.292 e. The van der Waals surface area contributed by atoms with E-state index in [2.05, 4.69) is 5.32 Å². The summed E-state index contributed by atoms with van der Waals surface area (Å²) in [5.41, 5.74) is 1.53. The molecule has 5 nitrogen and oxygen atoms in total. The molecule has 0 saturated carbocycles. The van der Waals surface area contributed by atoms with Crippen LogP contribution in [0.3, 0.4) is 0 Å². The van der Waals surface area contributed by atoms with Crippen molar-refractivity contribution >= 4 is 23.1 Å². The molecule has 110 valence electrons. The first-order valence-corrected chi connectivity index (χ1v) is 7.52. The van der Waals surface area contributed by atoms with E-state index >= 15 is 0 Å². The minimum Gasteiger partial charge on any atom is -0.508 e. The summed E-state index contributed by atoms with van der Waals surface area (Å²) in [5.74, 6) is 0.805. The van der Waals surface area contributed by atoms with Gasteiger partial charge >= 0.3 is 0 Å². The molecule has 2 N–H and O–H groups in total. The molecule has 0 unspecified atom stereocenters. The van der Waals surface area contributed by atoms with Gasteiger partial charge in [0.25, 0.3) is 5.69 Å². The molecule has 21 heavy (non-hydrogen) atoms. The van der Waals surface area contributed by atoms with Gasteiger partial charge in [-0.15, -0.1) is 11.8 Å². The molecule has 2 aromatic carbocycles. The van der Waals surface area contributed by atoms with E-state index in [0.29, 0.717) is 18.0 Å². The molecular weight excluding hydrogens is 288 g/mol. The molecule has 0 aliphatic carbocycles. The van der Waals surface area contributed by atoms with Crippen LogP contribution < -0.4 is 5.32 Å². The second-order valence-corrected chi connectivity index (χ2v) is 5.43. The third-order valence-electron chi connectivity index (χ3n) is 2.89. The van der Waals surface area contributed by atoms with Crippen molar-refractivity contribution in [1.82, 2.24) is 0 Å². The van der Waals surface area contributed by atoms with Crippen LogP contribution in [0.2, 0.25) is 0 Å². The van der Waals surface area contributed by atoms with Crippen LogP contribution in [0.1, 0.15) is 12.5 Å². The van der Waals surface area contributed by atoms with Crippen molar-refractivity contribution in [3.05, 3.63) is 58.1 Å². The van der Waals surface area contributed by atoms with Crippen molar-refractivity contribution in [2.75, 3.05) is 11.9 Å². The van der Waals surface area contributed by atoms with E-state index in [4.69, 9.17) is 0 Å². The first kappa shape index (κ1) is 15.2. The van der Waals surface area contributed by atoms with Crippen LogP contribution in [0.4, 0.5) is 11.4 Å². The van der Waals surface area contributed by atoms with Crippen molar-refractivity contribution in [3.63, 3.8) is 0 Å². The number of aromatic hydroxyl groups is 1. The third-order valence-corrected chi connectivity index (χ3v) is 3.93. The summed E-state index contributed by atoms with van der Waals surface area (Å²) >= 11 is 1.53. The summed E-state index contributed by atoms with van der Waals surface area (Å²) in [6.07, 6.45) is 0. The molecular formula is C15H16N2O3S. The number of anilines is 1. The van der Waals surface area contributed by atoms with Gasteiger partial charge in [-0.1, -0.05) is 18.2 Å². The summed E-state index contributed by atoms with van der Waals surface area (Å²) < 4.78 is 0. The number of nitrogens with zero attached hydrogens (tertiary/aromatic N) is 1. The highest BCUT2D eigenvalue weighted by molar-refractivity contribution is 7.98. The number of nitro benzene ring substituents is 1. The molecule has 0 radical (unpaired) electrons. The largest absolute Gasteiger partial charge is 0.508 e. The molecule has 0 bridgehead atoms. The molecule has 2 rings (SSSR count). The van der Waals surface area contributed by atoms with Crippen molar-refractivity contribution in [3.8, 4) is 5.75 Å². The van der Waals surface area contributed by atoms with E-state index in [0.717, 1.165) is 10.5 Å². The molecule has 0 amide bonds. The van der Waals surface area contributed by atoms with Gasteiger partial charge in [0.2, 0.25) is 0 Å². The maximum Gasteiger partial charge on any atom is 0.292 e. The number of para-hydroxylation sites is 1. The Labute approximate surface area is 127 Å². The Morgan fingerprint density at radius 2 is 2.05 bits per heavy atom. The lowest BCUT2D eigenvalue weighted by atomic mass is 10.1. The second kappa shape index (κ2) is 6.99. The Balaban J connectivity index is 2.23. The fraction of sp³-hybridized carbons (Fsp3) is 0.200. The second-order valence-electron chi connectivity index (χ2n) is 4.38. The van der Waals surface area contributed by atoms with E-state index < -0.39 is 0 Å². The summed E-state index contributed by atoms with van der Waals surface area (Å²) in [5, 5.41) is 23.6. The van der Waals surface area contributed by atoms with Crippen molar-refractivity contribution in [2.24, 2.45) is 0 Å². The molecule has 0 aliphatic heterocycles. The molecule has 0 aliphatic rings. The fourth-order valence-corrected chi connectivity index (χ4v) is 2.92. The van der Waals surface area contributed by atoms with Crippen LogP contribution in [0.25, 0.3) is 0 Å². The maximum absolute atomic E-state index is 11.1. The van der Waals surface area contributed by atoms with Gasteiger partial charge in [0.15, 0.2) is 0 Å². The Bertz CT molecular complexity index is 647. The lowest BCUT2D eigenvalue weighted by Crippen LogP contribution is -2.04. The quantitative estimate of drug-likeness (QED) is 0.479. The van der Waals surface area contributed by atoms with Gasteiger partial charge in [-0.05, 0) is 30.7 Å². The van der Waals surface area contributed by atoms with Crippen LogP contribution in [0.15, 0.2) is 47.4 Å². The summed E-state index contributed by atoms with van der Waals surface area (Å²) in [4.78, 5) is 11.6. The fourth-order valence-electron chi connectivity index (χ4n) is 1.97. The number of nitro groups is 1. The molecule has 0 spiro atoms. The van der Waals surface area contributed by atoms with E-state index in [1.165, 1.54) is 17.8 Å². The van der Waals surface area contributed by atoms with Crippen LogP contribution in [0.5, 0.6) is 5.75 Å². The lowest BCUT2D eigenvalue weighted by molar-refractivity contribution is -0.384. The monoisotopic (exact) mass is 304 g/mol. The Morgan fingerprint density at radius 3 is 2.71 bits per heavy atom. The van der Waals surface area contributed by atoms with E-state index in [1.807, 2.05) is 19.1 Å². The number of thioether (sulfide) groups is 1. The predicted octanol–water partition coefficient (Wildman–Crippen LogP) is 4.02. The van der Waals surface area contributed by atoms with E-state index in [-0.39, 0.29) is 16.4 Å². The molecule has 0 atom stereocenters. The van der Waals surface area contributed by atoms with E-state index in [9.17, 15) is 15.2 Å². The summed E-state index contributed by atoms with van der Waals surface area (Å²) in [6, 6.07) is 12.0. The van der Waals surface area contributed by atoms with Crippen molar-refractivity contribution in [2.45, 2.75) is 17.6 Å². The zero-order valence-electron chi connectivity index (χ0n) is 11.6. The van der Waals surface area contributed by atoms with Gasteiger partial charge < -0.3 is 10.4 Å². The third kappa shape index (κ3) is 3.88. The van der Waals surface area contributed by atoms with E-state index in [1.54, 1.807) is 24.3 Å². The van der Waals surface area contributed by atoms with Crippen molar-refractivity contribution < 1.29 is 10.0 Å². The number of rotatable bonds is 6. The summed E-state index contributed by atoms with van der Waals surface area (Å²) in [7, 11) is 0. The number of hydrogen-bond acceptors (Lipinski definition) is 5. The number of phenolic OH excluding ortho intramolecular Hbond substituents is 1.